The zero-order chi connectivity index (χ0) is 18.2. The Balaban J connectivity index is 2.03. The van der Waals surface area contributed by atoms with Crippen molar-refractivity contribution in [2.24, 2.45) is 0 Å². The molecule has 0 aliphatic carbocycles. The Hall–Kier alpha value is -1.83. The summed E-state index contributed by atoms with van der Waals surface area (Å²) in [4.78, 5) is 12.1. The topological polar surface area (TPSA) is 68.2 Å². The Morgan fingerprint density at radius 1 is 1.24 bits per heavy atom. The molecule has 0 saturated carbocycles. The summed E-state index contributed by atoms with van der Waals surface area (Å²) in [6, 6.07) is 9.79. The van der Waals surface area contributed by atoms with Crippen LogP contribution in [-0.2, 0) is 16.6 Å². The molecule has 0 unspecified atom stereocenters. The van der Waals surface area contributed by atoms with E-state index in [0.29, 0.717) is 27.5 Å². The Morgan fingerprint density at radius 3 is 2.72 bits per heavy atom. The van der Waals surface area contributed by atoms with Gasteiger partial charge >= 0.3 is 4.87 Å². The summed E-state index contributed by atoms with van der Waals surface area (Å²) in [5.41, 5.74) is 1.85. The van der Waals surface area contributed by atoms with Crippen LogP contribution in [0.15, 0.2) is 46.1 Å². The average molecular weight is 397 g/mol. The van der Waals surface area contributed by atoms with E-state index in [1.807, 2.05) is 6.92 Å². The van der Waals surface area contributed by atoms with Crippen molar-refractivity contribution in [3.05, 3.63) is 56.7 Å². The van der Waals surface area contributed by atoms with E-state index in [-0.39, 0.29) is 9.77 Å². The monoisotopic (exact) mass is 396 g/mol. The van der Waals surface area contributed by atoms with Gasteiger partial charge in [0.05, 0.1) is 20.8 Å². The van der Waals surface area contributed by atoms with Crippen molar-refractivity contribution in [3.8, 4) is 0 Å². The number of aromatic nitrogens is 1. The Morgan fingerprint density at radius 2 is 2.00 bits per heavy atom. The van der Waals surface area contributed by atoms with E-state index in [9.17, 15) is 13.2 Å². The fraction of sp³-hybridized carbons (Fsp3) is 0.235. The molecule has 0 bridgehead atoms. The molecule has 0 aliphatic heterocycles. The van der Waals surface area contributed by atoms with Crippen LogP contribution in [0.5, 0.6) is 0 Å². The molecule has 0 aliphatic rings. The van der Waals surface area contributed by atoms with Crippen molar-refractivity contribution >= 4 is 48.9 Å². The summed E-state index contributed by atoms with van der Waals surface area (Å²) in [6.07, 6.45) is 0.835. The first kappa shape index (κ1) is 18.0. The number of nitrogens with zero attached hydrogens (tertiary/aromatic N) is 1. The minimum Gasteiger partial charge on any atom is -0.299 e. The number of hydrogen-bond acceptors (Lipinski definition) is 4. The van der Waals surface area contributed by atoms with Gasteiger partial charge in [0.15, 0.2) is 0 Å². The van der Waals surface area contributed by atoms with E-state index in [1.165, 1.54) is 12.1 Å². The molecule has 5 nitrogen and oxygen atoms in total. The van der Waals surface area contributed by atoms with Crippen LogP contribution in [0.4, 0.5) is 5.69 Å². The average Bonchev–Trinajstić information content (AvgIpc) is 2.87. The summed E-state index contributed by atoms with van der Waals surface area (Å²) in [6.45, 7) is 4.36. The summed E-state index contributed by atoms with van der Waals surface area (Å²) >= 11 is 7.10. The van der Waals surface area contributed by atoms with E-state index in [4.69, 9.17) is 11.6 Å². The van der Waals surface area contributed by atoms with Gasteiger partial charge < -0.3 is 0 Å². The molecular weight excluding hydrogens is 380 g/mol. The number of benzene rings is 2. The maximum absolute atomic E-state index is 12.7. The molecule has 1 N–H and O–H groups in total. The minimum atomic E-state index is -3.77. The maximum Gasteiger partial charge on any atom is 0.308 e. The number of nitrogens with one attached hydrogen (secondary N) is 1. The number of hydrogen-bond donors (Lipinski definition) is 1. The van der Waals surface area contributed by atoms with Gasteiger partial charge in [-0.2, -0.15) is 0 Å². The molecule has 1 aromatic heterocycles. The highest BCUT2D eigenvalue weighted by atomic mass is 35.5. The van der Waals surface area contributed by atoms with Gasteiger partial charge in [0, 0.05) is 11.6 Å². The van der Waals surface area contributed by atoms with E-state index >= 15 is 0 Å². The van der Waals surface area contributed by atoms with Crippen molar-refractivity contribution < 1.29 is 8.42 Å². The smallest absolute Gasteiger partial charge is 0.299 e. The van der Waals surface area contributed by atoms with E-state index in [2.05, 4.69) is 4.72 Å². The number of thiazole rings is 1. The fourth-order valence-electron chi connectivity index (χ4n) is 2.57. The molecule has 0 spiro atoms. The second-order valence-electron chi connectivity index (χ2n) is 5.67. The van der Waals surface area contributed by atoms with Gasteiger partial charge in [0.1, 0.15) is 0 Å². The second kappa shape index (κ2) is 6.82. The van der Waals surface area contributed by atoms with Crippen molar-refractivity contribution in [1.82, 2.24) is 4.57 Å². The molecule has 1 heterocycles. The molecule has 0 amide bonds. The van der Waals surface area contributed by atoms with Gasteiger partial charge in [-0.15, -0.1) is 0 Å². The first-order valence-corrected chi connectivity index (χ1v) is 10.4. The molecule has 0 fully saturated rings. The third-order valence-corrected chi connectivity index (χ3v) is 6.62. The molecule has 0 atom stereocenters. The van der Waals surface area contributed by atoms with Crippen LogP contribution in [0.3, 0.4) is 0 Å². The quantitative estimate of drug-likeness (QED) is 0.701. The highest BCUT2D eigenvalue weighted by molar-refractivity contribution is 7.92. The first-order chi connectivity index (χ1) is 11.8. The minimum absolute atomic E-state index is 0.0787. The lowest BCUT2D eigenvalue weighted by molar-refractivity contribution is 0.601. The van der Waals surface area contributed by atoms with Crippen LogP contribution >= 0.6 is 22.9 Å². The van der Waals surface area contributed by atoms with Gasteiger partial charge in [0.25, 0.3) is 10.0 Å². The van der Waals surface area contributed by atoms with Crippen molar-refractivity contribution in [3.63, 3.8) is 0 Å². The Labute approximate surface area is 154 Å². The molecular formula is C17H17ClN2O3S2. The number of anilines is 1. The Kier molecular flexibility index (Phi) is 4.90. The molecule has 3 rings (SSSR count). The van der Waals surface area contributed by atoms with Crippen molar-refractivity contribution in [2.75, 3.05) is 4.72 Å². The standard InChI is InChI=1S/C17H17ClN2O3S2/c1-3-9-20-15-8-7-12(10-16(15)24-17(20)21)25(22,23)19-14-6-4-5-13(18)11(14)2/h4-8,10,19H,3,9H2,1-2H3. The molecule has 132 valence electrons. The predicted octanol–water partition coefficient (Wildman–Crippen LogP) is 4.24. The third kappa shape index (κ3) is 3.44. The highest BCUT2D eigenvalue weighted by Crippen LogP contribution is 2.27. The van der Waals surface area contributed by atoms with Gasteiger partial charge in [-0.3, -0.25) is 14.1 Å². The third-order valence-electron chi connectivity index (χ3n) is 3.91. The van der Waals surface area contributed by atoms with Crippen molar-refractivity contribution in [2.45, 2.75) is 31.7 Å². The second-order valence-corrected chi connectivity index (χ2v) is 8.75. The molecule has 2 aromatic carbocycles. The van der Waals surface area contributed by atoms with Gasteiger partial charge in [-0.05, 0) is 49.2 Å². The largest absolute Gasteiger partial charge is 0.308 e. The predicted molar refractivity (Wildman–Crippen MR) is 103 cm³/mol. The van der Waals surface area contributed by atoms with Gasteiger partial charge in [0.2, 0.25) is 0 Å². The van der Waals surface area contributed by atoms with Crippen LogP contribution in [0, 0.1) is 6.92 Å². The SMILES string of the molecule is CCCn1c(=O)sc2cc(S(=O)(=O)Nc3cccc(Cl)c3C)ccc21. The van der Waals surface area contributed by atoms with E-state index in [1.54, 1.807) is 35.8 Å². The van der Waals surface area contributed by atoms with E-state index < -0.39 is 10.0 Å². The van der Waals surface area contributed by atoms with Crippen molar-refractivity contribution in [1.29, 1.82) is 0 Å². The van der Waals surface area contributed by atoms with E-state index in [0.717, 1.165) is 23.3 Å². The molecule has 25 heavy (non-hydrogen) atoms. The number of aryl methyl sites for hydroxylation is 1. The maximum atomic E-state index is 12.7. The molecule has 0 radical (unpaired) electrons. The number of rotatable bonds is 5. The van der Waals surface area contributed by atoms with Crippen LogP contribution in [0.1, 0.15) is 18.9 Å². The highest BCUT2D eigenvalue weighted by Gasteiger charge is 2.18. The number of fused-ring (bicyclic) bond motifs is 1. The molecule has 8 heteroatoms. The number of sulfonamides is 1. The molecule has 3 aromatic rings. The zero-order valence-electron chi connectivity index (χ0n) is 13.7. The Bertz CT molecular complexity index is 1100. The zero-order valence-corrected chi connectivity index (χ0v) is 16.1. The lowest BCUT2D eigenvalue weighted by atomic mass is 10.2. The van der Waals surface area contributed by atoms with Crippen LogP contribution in [0.2, 0.25) is 5.02 Å². The van der Waals surface area contributed by atoms with Crippen LogP contribution < -0.4 is 9.60 Å². The van der Waals surface area contributed by atoms with Crippen LogP contribution in [0.25, 0.3) is 10.2 Å². The normalized spacial score (nSPS) is 11.8. The lowest BCUT2D eigenvalue weighted by Gasteiger charge is -2.11. The summed E-state index contributed by atoms with van der Waals surface area (Å²) in [5, 5.41) is 0.491. The van der Waals surface area contributed by atoms with Gasteiger partial charge in [-0.25, -0.2) is 8.42 Å². The number of halogens is 1. The first-order valence-electron chi connectivity index (χ1n) is 7.75. The summed E-state index contributed by atoms with van der Waals surface area (Å²) in [5.74, 6) is 0. The lowest BCUT2D eigenvalue weighted by Crippen LogP contribution is -2.14. The fourth-order valence-corrected chi connectivity index (χ4v) is 4.93. The van der Waals surface area contributed by atoms with Gasteiger partial charge in [-0.1, -0.05) is 35.9 Å². The van der Waals surface area contributed by atoms with Crippen LogP contribution in [-0.4, -0.2) is 13.0 Å². The summed E-state index contributed by atoms with van der Waals surface area (Å²) in [7, 11) is -3.77. The summed E-state index contributed by atoms with van der Waals surface area (Å²) < 4.78 is 30.3. The molecule has 0 saturated heterocycles.